The van der Waals surface area contributed by atoms with Gasteiger partial charge in [-0.05, 0) is 42.1 Å². The highest BCUT2D eigenvalue weighted by atomic mass is 16.2. The van der Waals surface area contributed by atoms with Gasteiger partial charge >= 0.3 is 0 Å². The number of pyridine rings is 1. The third kappa shape index (κ3) is 4.70. The molecular formula is C31H26N8O2. The van der Waals surface area contributed by atoms with Crippen LogP contribution in [0.15, 0.2) is 90.2 Å². The minimum absolute atomic E-state index is 0.0758. The minimum atomic E-state index is -0.525. The first-order chi connectivity index (χ1) is 19.9. The molecule has 1 atom stereocenters. The molecule has 3 N–H and O–H groups in total. The molecule has 0 saturated carbocycles. The normalized spacial score (nSPS) is 11.8. The summed E-state index contributed by atoms with van der Waals surface area (Å²) >= 11 is 0. The first-order valence-corrected chi connectivity index (χ1v) is 13.1. The predicted octanol–water partition coefficient (Wildman–Crippen LogP) is 3.63. The molecule has 1 amide bonds. The van der Waals surface area contributed by atoms with Crippen LogP contribution in [0, 0.1) is 11.8 Å². The van der Waals surface area contributed by atoms with Crippen LogP contribution in [-0.4, -0.2) is 34.9 Å². The Kier molecular flexibility index (Phi) is 6.53. The van der Waals surface area contributed by atoms with Crippen LogP contribution in [0.3, 0.4) is 0 Å². The number of amides is 1. The average Bonchev–Trinajstić information content (AvgIpc) is 3.56. The van der Waals surface area contributed by atoms with Crippen LogP contribution >= 0.6 is 0 Å². The number of carbonyl (C=O) groups excluding carboxylic acids is 1. The standard InChI is InChI=1S/C31H26N8O2/c1-3-24(35-30(40)27-28(32)36-38-16-8-15-33-29(27)38)25-17-22-10-7-9-21(14-13-20-18-34-37(2)19-20)26(22)31(41)39(25)23-11-5-4-6-12-23/h4-12,15-19,24H,3H2,1-2H3,(H2,32,36)(H,35,40)/t24-/m1/s1. The number of nitrogen functional groups attached to an aromatic ring is 1. The summed E-state index contributed by atoms with van der Waals surface area (Å²) in [6.07, 6.45) is 7.27. The molecule has 4 heterocycles. The van der Waals surface area contributed by atoms with Gasteiger partial charge in [0.15, 0.2) is 11.5 Å². The molecule has 10 heteroatoms. The van der Waals surface area contributed by atoms with Crippen LogP contribution in [-0.2, 0) is 7.05 Å². The molecule has 0 aliphatic rings. The van der Waals surface area contributed by atoms with Crippen LogP contribution in [0.2, 0.25) is 0 Å². The van der Waals surface area contributed by atoms with Crippen molar-refractivity contribution < 1.29 is 4.79 Å². The minimum Gasteiger partial charge on any atom is -0.381 e. The summed E-state index contributed by atoms with van der Waals surface area (Å²) in [4.78, 5) is 32.1. The summed E-state index contributed by atoms with van der Waals surface area (Å²) in [5.74, 6) is 5.91. The van der Waals surface area contributed by atoms with Crippen molar-refractivity contribution in [2.45, 2.75) is 19.4 Å². The number of benzene rings is 2. The lowest BCUT2D eigenvalue weighted by molar-refractivity contribution is 0.0936. The molecule has 6 aromatic rings. The first kappa shape index (κ1) is 25.6. The molecule has 0 fully saturated rings. The van der Waals surface area contributed by atoms with Gasteiger partial charge in [0.25, 0.3) is 11.5 Å². The van der Waals surface area contributed by atoms with Crippen molar-refractivity contribution in [3.05, 3.63) is 118 Å². The molecule has 0 spiro atoms. The Morgan fingerprint density at radius 3 is 2.68 bits per heavy atom. The zero-order valence-electron chi connectivity index (χ0n) is 22.4. The number of carbonyl (C=O) groups is 1. The van der Waals surface area contributed by atoms with Crippen LogP contribution in [0.1, 0.15) is 46.6 Å². The van der Waals surface area contributed by atoms with Gasteiger partial charge in [-0.25, -0.2) is 9.50 Å². The van der Waals surface area contributed by atoms with E-state index >= 15 is 0 Å². The molecule has 0 bridgehead atoms. The van der Waals surface area contributed by atoms with E-state index in [1.54, 1.807) is 33.9 Å². The Balaban J connectivity index is 1.50. The summed E-state index contributed by atoms with van der Waals surface area (Å²) < 4.78 is 4.79. The Morgan fingerprint density at radius 1 is 1.10 bits per heavy atom. The van der Waals surface area contributed by atoms with Gasteiger partial charge in [0.1, 0.15) is 5.56 Å². The monoisotopic (exact) mass is 542 g/mol. The third-order valence-corrected chi connectivity index (χ3v) is 6.86. The molecule has 0 radical (unpaired) electrons. The Morgan fingerprint density at radius 2 is 1.93 bits per heavy atom. The maximum Gasteiger partial charge on any atom is 0.264 e. The molecular weight excluding hydrogens is 516 g/mol. The number of nitrogens with two attached hydrogens (primary N) is 1. The number of nitrogens with zero attached hydrogens (tertiary/aromatic N) is 6. The number of rotatable bonds is 5. The van der Waals surface area contributed by atoms with Gasteiger partial charge in [0.2, 0.25) is 0 Å². The summed E-state index contributed by atoms with van der Waals surface area (Å²) in [5, 5.41) is 12.7. The van der Waals surface area contributed by atoms with Gasteiger partial charge < -0.3 is 11.1 Å². The van der Waals surface area contributed by atoms with Crippen molar-refractivity contribution in [1.82, 2.24) is 34.3 Å². The molecule has 0 unspecified atom stereocenters. The SMILES string of the molecule is CC[C@@H](NC(=O)c1c(N)nn2cccnc12)c1cc2cccc(C#Cc3cnn(C)c3)c2c(=O)n1-c1ccccc1. The van der Waals surface area contributed by atoms with Crippen molar-refractivity contribution in [3.8, 4) is 17.5 Å². The fourth-order valence-electron chi connectivity index (χ4n) is 4.95. The fourth-order valence-corrected chi connectivity index (χ4v) is 4.95. The number of aromatic nitrogens is 6. The van der Waals surface area contributed by atoms with Crippen molar-refractivity contribution in [3.63, 3.8) is 0 Å². The predicted molar refractivity (Wildman–Crippen MR) is 157 cm³/mol. The highest BCUT2D eigenvalue weighted by molar-refractivity contribution is 6.04. The number of fused-ring (bicyclic) bond motifs is 2. The third-order valence-electron chi connectivity index (χ3n) is 6.86. The molecule has 0 aliphatic carbocycles. The lowest BCUT2D eigenvalue weighted by Gasteiger charge is -2.23. The van der Waals surface area contributed by atoms with Gasteiger partial charge in [-0.15, -0.1) is 5.10 Å². The second-order valence-electron chi connectivity index (χ2n) is 9.55. The summed E-state index contributed by atoms with van der Waals surface area (Å²) in [6.45, 7) is 1.95. The van der Waals surface area contributed by atoms with Crippen molar-refractivity contribution in [2.75, 3.05) is 5.73 Å². The molecule has 0 aliphatic heterocycles. The van der Waals surface area contributed by atoms with Gasteiger partial charge in [-0.2, -0.15) is 5.10 Å². The van der Waals surface area contributed by atoms with Crippen molar-refractivity contribution >= 4 is 28.1 Å². The fraction of sp³-hybridized carbons (Fsp3) is 0.129. The average molecular weight is 543 g/mol. The Hall–Kier alpha value is -5.69. The molecule has 41 heavy (non-hydrogen) atoms. The molecule has 2 aromatic carbocycles. The zero-order valence-corrected chi connectivity index (χ0v) is 22.4. The summed E-state index contributed by atoms with van der Waals surface area (Å²) in [7, 11) is 1.83. The first-order valence-electron chi connectivity index (χ1n) is 13.1. The van der Waals surface area contributed by atoms with Gasteiger partial charge in [0.05, 0.1) is 23.2 Å². The van der Waals surface area contributed by atoms with E-state index in [0.29, 0.717) is 34.4 Å². The smallest absolute Gasteiger partial charge is 0.264 e. The van der Waals surface area contributed by atoms with E-state index in [-0.39, 0.29) is 16.9 Å². The summed E-state index contributed by atoms with van der Waals surface area (Å²) in [5.41, 5.74) is 9.08. The van der Waals surface area contributed by atoms with Gasteiger partial charge in [-0.3, -0.25) is 18.8 Å². The van der Waals surface area contributed by atoms with Crippen LogP contribution in [0.5, 0.6) is 0 Å². The quantitative estimate of drug-likeness (QED) is 0.321. The van der Waals surface area contributed by atoms with Crippen molar-refractivity contribution in [2.24, 2.45) is 7.05 Å². The lowest BCUT2D eigenvalue weighted by Crippen LogP contribution is -2.33. The number of anilines is 1. The topological polar surface area (TPSA) is 125 Å². The summed E-state index contributed by atoms with van der Waals surface area (Å²) in [6, 6.07) is 18.1. The number of hydrogen-bond donors (Lipinski definition) is 2. The van der Waals surface area contributed by atoms with Crippen LogP contribution < -0.4 is 16.6 Å². The number of aryl methyl sites for hydroxylation is 1. The van der Waals surface area contributed by atoms with E-state index in [0.717, 1.165) is 10.9 Å². The zero-order chi connectivity index (χ0) is 28.5. The molecule has 6 rings (SSSR count). The second kappa shape index (κ2) is 10.5. The van der Waals surface area contributed by atoms with Crippen LogP contribution in [0.4, 0.5) is 5.82 Å². The highest BCUT2D eigenvalue weighted by Crippen LogP contribution is 2.26. The number of nitrogens with one attached hydrogen (secondary N) is 1. The second-order valence-corrected chi connectivity index (χ2v) is 9.55. The van der Waals surface area contributed by atoms with Gasteiger partial charge in [0, 0.05) is 42.6 Å². The highest BCUT2D eigenvalue weighted by Gasteiger charge is 2.25. The number of hydrogen-bond acceptors (Lipinski definition) is 6. The van der Waals surface area contributed by atoms with Crippen LogP contribution in [0.25, 0.3) is 22.1 Å². The van der Waals surface area contributed by atoms with E-state index in [2.05, 4.69) is 32.3 Å². The molecule has 4 aromatic heterocycles. The largest absolute Gasteiger partial charge is 0.381 e. The van der Waals surface area contributed by atoms with E-state index in [1.165, 1.54) is 4.52 Å². The van der Waals surface area contributed by atoms with Gasteiger partial charge in [-0.1, -0.05) is 49.1 Å². The van der Waals surface area contributed by atoms with E-state index in [1.807, 2.05) is 74.8 Å². The maximum absolute atomic E-state index is 14.3. The Bertz CT molecular complexity index is 2040. The molecule has 10 nitrogen and oxygen atoms in total. The molecule has 0 saturated heterocycles. The van der Waals surface area contributed by atoms with E-state index in [4.69, 9.17) is 5.73 Å². The maximum atomic E-state index is 14.3. The lowest BCUT2D eigenvalue weighted by atomic mass is 10.0. The van der Waals surface area contributed by atoms with E-state index in [9.17, 15) is 9.59 Å². The van der Waals surface area contributed by atoms with Crippen molar-refractivity contribution in [1.29, 1.82) is 0 Å². The number of para-hydroxylation sites is 1. The van der Waals surface area contributed by atoms with E-state index < -0.39 is 11.9 Å². The molecule has 202 valence electrons. The Labute approximate surface area is 235 Å².